The summed E-state index contributed by atoms with van der Waals surface area (Å²) in [7, 11) is 0. The fraction of sp³-hybridized carbons (Fsp3) is 0.0909. The van der Waals surface area contributed by atoms with Crippen molar-refractivity contribution in [1.82, 2.24) is 15.0 Å². The first-order valence-electron chi connectivity index (χ1n) is 19.1. The van der Waals surface area contributed by atoms with Gasteiger partial charge in [0.2, 0.25) is 0 Å². The molecule has 3 heterocycles. The van der Waals surface area contributed by atoms with Gasteiger partial charge in [-0.3, -0.25) is 0 Å². The van der Waals surface area contributed by atoms with E-state index in [1.54, 1.807) is 35.6 Å². The van der Waals surface area contributed by atoms with Gasteiger partial charge in [0.05, 0.1) is 14.8 Å². The Bertz CT molecular complexity index is 3140. The zero-order valence-corrected chi connectivity index (χ0v) is 28.9. The Kier molecular flexibility index (Phi) is 5.71. The molecule has 0 atom stereocenters. The van der Waals surface area contributed by atoms with Crippen LogP contribution >= 0.6 is 22.7 Å². The van der Waals surface area contributed by atoms with Crippen molar-refractivity contribution < 1.29 is 8.22 Å². The van der Waals surface area contributed by atoms with Gasteiger partial charge in [-0.05, 0) is 34.7 Å². The summed E-state index contributed by atoms with van der Waals surface area (Å²) in [6.07, 6.45) is 0. The average molecular weight is 685 g/mol. The average Bonchev–Trinajstić information content (AvgIpc) is 3.79. The third-order valence-electron chi connectivity index (χ3n) is 8.87. The Hall–Kier alpha value is -5.74. The number of thiophene rings is 2. The van der Waals surface area contributed by atoms with Crippen LogP contribution in [-0.2, 0) is 5.41 Å². The number of hydrogen-bond acceptors (Lipinski definition) is 5. The van der Waals surface area contributed by atoms with E-state index in [4.69, 9.17) is 24.3 Å². The second-order valence-corrected chi connectivity index (χ2v) is 15.2. The number of rotatable bonds is 4. The molecule has 6 heteroatoms. The van der Waals surface area contributed by atoms with Crippen LogP contribution in [0.2, 0.25) is 0 Å². The molecule has 4 nitrogen and oxygen atoms in total. The summed E-state index contributed by atoms with van der Waals surface area (Å²) in [5, 5.41) is 2.80. The van der Waals surface area contributed by atoms with E-state index in [1.165, 1.54) is 0 Å². The first-order chi connectivity index (χ1) is 26.8. The molecule has 0 aliphatic carbocycles. The van der Waals surface area contributed by atoms with E-state index < -0.39 is 0 Å². The minimum Gasteiger partial charge on any atom is -0.238 e. The van der Waals surface area contributed by atoms with Crippen LogP contribution in [0.25, 0.3) is 90.5 Å². The van der Waals surface area contributed by atoms with Crippen LogP contribution in [0, 0.1) is 6.57 Å². The molecule has 6 aromatic carbocycles. The molecule has 0 bridgehead atoms. The van der Waals surface area contributed by atoms with Gasteiger partial charge in [-0.25, -0.2) is 19.8 Å². The molecule has 0 N–H and O–H groups in total. The number of hydrogen-bond donors (Lipinski definition) is 0. The quantitative estimate of drug-likeness (QED) is 0.173. The van der Waals surface area contributed by atoms with Crippen LogP contribution in [0.1, 0.15) is 34.6 Å². The van der Waals surface area contributed by atoms with Crippen LogP contribution in [0.3, 0.4) is 0 Å². The monoisotopic (exact) mass is 684 g/mol. The highest BCUT2D eigenvalue weighted by Gasteiger charge is 2.19. The van der Waals surface area contributed by atoms with Gasteiger partial charge >= 0.3 is 0 Å². The molecule has 0 radical (unpaired) electrons. The van der Waals surface area contributed by atoms with Crippen molar-refractivity contribution in [3.05, 3.63) is 144 Å². The first kappa shape index (κ1) is 24.4. The molecule has 50 heavy (non-hydrogen) atoms. The standard InChI is InChI=1S/C44H30N4S2/c1-44(2,3)29-20-15-26(16-21-29)41-46-42(27-17-22-30(45-4)23-18-27)48-43(47-41)28-19-24-35-38(25-28)49-37-14-8-10-32(39(35)37)34-12-7-11-33-31-9-5-6-13-36(31)50-40(33)34/h5-25H,1-3H3/i8D,10D,14D,19D,24D,25D. The molecule has 0 saturated heterocycles. The van der Waals surface area contributed by atoms with Crippen LogP contribution < -0.4 is 0 Å². The Morgan fingerprint density at radius 3 is 2.00 bits per heavy atom. The predicted molar refractivity (Wildman–Crippen MR) is 212 cm³/mol. The smallest absolute Gasteiger partial charge is 0.187 e. The highest BCUT2D eigenvalue weighted by atomic mass is 32.1. The van der Waals surface area contributed by atoms with E-state index in [0.29, 0.717) is 53.9 Å². The van der Waals surface area contributed by atoms with Crippen molar-refractivity contribution >= 4 is 68.7 Å². The van der Waals surface area contributed by atoms with Crippen molar-refractivity contribution in [3.8, 4) is 45.3 Å². The maximum atomic E-state index is 9.62. The lowest BCUT2D eigenvalue weighted by Gasteiger charge is -2.19. The molecule has 0 spiro atoms. The van der Waals surface area contributed by atoms with Crippen LogP contribution in [-0.4, -0.2) is 15.0 Å². The van der Waals surface area contributed by atoms with E-state index in [1.807, 2.05) is 60.7 Å². The summed E-state index contributed by atoms with van der Waals surface area (Å²) in [5.74, 6) is 0.658. The van der Waals surface area contributed by atoms with Gasteiger partial charge in [0.25, 0.3) is 0 Å². The molecular weight excluding hydrogens is 649 g/mol. The van der Waals surface area contributed by atoms with Crippen molar-refractivity contribution in [3.63, 3.8) is 0 Å². The zero-order chi connectivity index (χ0) is 39.2. The van der Waals surface area contributed by atoms with Crippen molar-refractivity contribution in [2.45, 2.75) is 26.2 Å². The topological polar surface area (TPSA) is 43.0 Å². The fourth-order valence-electron chi connectivity index (χ4n) is 6.26. The van der Waals surface area contributed by atoms with Crippen molar-refractivity contribution in [2.75, 3.05) is 0 Å². The Balaban J connectivity index is 1.32. The number of aromatic nitrogens is 3. The lowest BCUT2D eigenvalue weighted by atomic mass is 9.87. The third-order valence-corrected chi connectivity index (χ3v) is 11.1. The lowest BCUT2D eigenvalue weighted by molar-refractivity contribution is 0.590. The lowest BCUT2D eigenvalue weighted by Crippen LogP contribution is -2.10. The van der Waals surface area contributed by atoms with Crippen molar-refractivity contribution in [2.24, 2.45) is 0 Å². The number of fused-ring (bicyclic) bond motifs is 6. The molecule has 0 saturated carbocycles. The second kappa shape index (κ2) is 11.7. The molecule has 0 aliphatic heterocycles. The molecule has 3 aromatic heterocycles. The van der Waals surface area contributed by atoms with E-state index in [2.05, 4.69) is 31.7 Å². The third kappa shape index (κ3) is 5.14. The van der Waals surface area contributed by atoms with E-state index in [-0.39, 0.29) is 58.9 Å². The summed E-state index contributed by atoms with van der Waals surface area (Å²) in [6, 6.07) is 27.6. The van der Waals surface area contributed by atoms with E-state index in [0.717, 1.165) is 37.1 Å². The number of nitrogens with zero attached hydrogens (tertiary/aromatic N) is 4. The summed E-state index contributed by atoms with van der Waals surface area (Å²) < 4.78 is 58.4. The van der Waals surface area contributed by atoms with Gasteiger partial charge in [0, 0.05) is 62.6 Å². The van der Waals surface area contributed by atoms with Gasteiger partial charge in [0.15, 0.2) is 23.2 Å². The zero-order valence-electron chi connectivity index (χ0n) is 33.3. The van der Waals surface area contributed by atoms with Crippen LogP contribution in [0.5, 0.6) is 0 Å². The largest absolute Gasteiger partial charge is 0.238 e. The van der Waals surface area contributed by atoms with E-state index in [9.17, 15) is 5.48 Å². The Labute approximate surface area is 306 Å². The summed E-state index contributed by atoms with van der Waals surface area (Å²) >= 11 is 2.71. The molecule has 0 unspecified atom stereocenters. The molecule has 9 rings (SSSR count). The summed E-state index contributed by atoms with van der Waals surface area (Å²) in [6.45, 7) is 13.8. The minimum absolute atomic E-state index is 0.0416. The highest BCUT2D eigenvalue weighted by Crippen LogP contribution is 2.45. The molecule has 0 amide bonds. The second-order valence-electron chi connectivity index (χ2n) is 13.1. The van der Waals surface area contributed by atoms with Gasteiger partial charge in [-0.2, -0.15) is 0 Å². The molecule has 9 aromatic rings. The highest BCUT2D eigenvalue weighted by molar-refractivity contribution is 7.26. The molecule has 0 aliphatic rings. The Morgan fingerprint density at radius 1 is 0.600 bits per heavy atom. The van der Waals surface area contributed by atoms with Gasteiger partial charge in [-0.1, -0.05) is 130 Å². The SMILES string of the molecule is [2H]c1c([2H])c(-c2cccc3c2sc2ccccc23)c2c(sc3c([2H])c(-c4nc(-c5ccc([N+]#[C-])cc5)nc(-c5ccc(C(C)(C)C)cc5)n4)c([2H])c([2H])c32)c1[2H]. The van der Waals surface area contributed by atoms with Crippen molar-refractivity contribution in [1.29, 1.82) is 0 Å². The maximum Gasteiger partial charge on any atom is 0.187 e. The number of benzene rings is 6. The molecule has 0 fully saturated rings. The summed E-state index contributed by atoms with van der Waals surface area (Å²) in [5.41, 5.74) is 4.00. The minimum atomic E-state index is -0.268. The molecule has 238 valence electrons. The maximum absolute atomic E-state index is 9.62. The van der Waals surface area contributed by atoms with Crippen LogP contribution in [0.15, 0.2) is 127 Å². The fourth-order valence-corrected chi connectivity index (χ4v) is 8.50. The first-order valence-corrected chi connectivity index (χ1v) is 17.7. The van der Waals surface area contributed by atoms with E-state index >= 15 is 0 Å². The predicted octanol–water partition coefficient (Wildman–Crippen LogP) is 13.1. The Morgan fingerprint density at radius 2 is 1.28 bits per heavy atom. The van der Waals surface area contributed by atoms with Gasteiger partial charge in [0.1, 0.15) is 0 Å². The van der Waals surface area contributed by atoms with Gasteiger partial charge in [-0.15, -0.1) is 22.7 Å². The normalized spacial score (nSPS) is 13.6. The summed E-state index contributed by atoms with van der Waals surface area (Å²) in [4.78, 5) is 17.9. The van der Waals surface area contributed by atoms with Crippen LogP contribution in [0.4, 0.5) is 5.69 Å². The van der Waals surface area contributed by atoms with Gasteiger partial charge < -0.3 is 0 Å². The molecular formula is C44H30N4S2.